The first-order valence-corrected chi connectivity index (χ1v) is 9.11. The maximum Gasteiger partial charge on any atom is 0.0355 e. The SMILES string of the molecule is CCC(c1cccc(Br)c1Br)c1cccc(Br)c1Br. The third-order valence-corrected chi connectivity index (χ3v) is 7.28. The number of halogens is 4. The fourth-order valence-corrected chi connectivity index (χ4v) is 4.03. The average Bonchev–Trinajstić information content (AvgIpc) is 2.40. The molecule has 0 spiro atoms. The molecular weight excluding hydrogens is 500 g/mol. The zero-order valence-corrected chi connectivity index (χ0v) is 16.6. The summed E-state index contributed by atoms with van der Waals surface area (Å²) in [5.74, 6) is 0.360. The Morgan fingerprint density at radius 2 is 1.21 bits per heavy atom. The Morgan fingerprint density at radius 1 is 0.789 bits per heavy atom. The molecule has 0 saturated carbocycles. The second-order valence-electron chi connectivity index (χ2n) is 4.25. The highest BCUT2D eigenvalue weighted by Gasteiger charge is 2.19. The Hall–Kier alpha value is 0.360. The Morgan fingerprint density at radius 3 is 1.58 bits per heavy atom. The Labute approximate surface area is 147 Å². The molecule has 2 aromatic rings. The van der Waals surface area contributed by atoms with Crippen LogP contribution in [0.3, 0.4) is 0 Å². The van der Waals surface area contributed by atoms with Crippen LogP contribution in [-0.4, -0.2) is 0 Å². The molecule has 0 saturated heterocycles. The van der Waals surface area contributed by atoms with Crippen LogP contribution in [0.25, 0.3) is 0 Å². The minimum Gasteiger partial charge on any atom is -0.0645 e. The summed E-state index contributed by atoms with van der Waals surface area (Å²) in [6.07, 6.45) is 1.05. The van der Waals surface area contributed by atoms with Gasteiger partial charge in [0.1, 0.15) is 0 Å². The number of hydrogen-bond donors (Lipinski definition) is 0. The number of hydrogen-bond acceptors (Lipinski definition) is 0. The molecule has 100 valence electrons. The molecule has 0 nitrogen and oxygen atoms in total. The second kappa shape index (κ2) is 6.88. The van der Waals surface area contributed by atoms with Crippen molar-refractivity contribution in [2.45, 2.75) is 19.3 Å². The van der Waals surface area contributed by atoms with Crippen molar-refractivity contribution in [3.63, 3.8) is 0 Å². The van der Waals surface area contributed by atoms with Gasteiger partial charge in [0, 0.05) is 23.8 Å². The van der Waals surface area contributed by atoms with E-state index in [1.165, 1.54) is 11.1 Å². The summed E-state index contributed by atoms with van der Waals surface area (Å²) in [5.41, 5.74) is 2.60. The smallest absolute Gasteiger partial charge is 0.0355 e. The fourth-order valence-electron chi connectivity index (χ4n) is 2.19. The number of benzene rings is 2. The van der Waals surface area contributed by atoms with Gasteiger partial charge in [-0.2, -0.15) is 0 Å². The van der Waals surface area contributed by atoms with Gasteiger partial charge in [-0.15, -0.1) is 0 Å². The van der Waals surface area contributed by atoms with Gasteiger partial charge in [-0.1, -0.05) is 31.2 Å². The first kappa shape index (κ1) is 15.7. The van der Waals surface area contributed by atoms with Gasteiger partial charge in [0.05, 0.1) is 0 Å². The summed E-state index contributed by atoms with van der Waals surface area (Å²) in [4.78, 5) is 0. The molecule has 19 heavy (non-hydrogen) atoms. The van der Waals surface area contributed by atoms with Crippen LogP contribution in [0.2, 0.25) is 0 Å². The molecule has 4 heteroatoms. The van der Waals surface area contributed by atoms with E-state index in [0.29, 0.717) is 5.92 Å². The lowest BCUT2D eigenvalue weighted by Crippen LogP contribution is -2.02. The van der Waals surface area contributed by atoms with E-state index < -0.39 is 0 Å². The Balaban J connectivity index is 2.57. The minimum atomic E-state index is 0.360. The van der Waals surface area contributed by atoms with Gasteiger partial charge in [-0.3, -0.25) is 0 Å². The molecule has 2 aromatic carbocycles. The van der Waals surface area contributed by atoms with Crippen molar-refractivity contribution >= 4 is 63.7 Å². The average molecular weight is 512 g/mol. The largest absolute Gasteiger partial charge is 0.0645 e. The van der Waals surface area contributed by atoms with E-state index in [2.05, 4.69) is 107 Å². The van der Waals surface area contributed by atoms with Crippen LogP contribution in [-0.2, 0) is 0 Å². The van der Waals surface area contributed by atoms with Gasteiger partial charge in [-0.25, -0.2) is 0 Å². The Bertz CT molecular complexity index is 541. The second-order valence-corrected chi connectivity index (χ2v) is 7.54. The van der Waals surface area contributed by atoms with Crippen LogP contribution < -0.4 is 0 Å². The highest BCUT2D eigenvalue weighted by molar-refractivity contribution is 9.13. The fraction of sp³-hybridized carbons (Fsp3) is 0.200. The molecule has 0 amide bonds. The third-order valence-electron chi connectivity index (χ3n) is 3.12. The van der Waals surface area contributed by atoms with Crippen LogP contribution in [0.5, 0.6) is 0 Å². The van der Waals surface area contributed by atoms with Crippen molar-refractivity contribution < 1.29 is 0 Å². The molecule has 0 aliphatic rings. The van der Waals surface area contributed by atoms with Crippen molar-refractivity contribution in [3.05, 3.63) is 65.4 Å². The van der Waals surface area contributed by atoms with E-state index in [-0.39, 0.29) is 0 Å². The quantitative estimate of drug-likeness (QED) is 0.406. The molecule has 0 unspecified atom stereocenters. The van der Waals surface area contributed by atoms with E-state index >= 15 is 0 Å². The van der Waals surface area contributed by atoms with Crippen molar-refractivity contribution in [2.75, 3.05) is 0 Å². The molecule has 0 aliphatic carbocycles. The summed E-state index contributed by atoms with van der Waals surface area (Å²) in [6.45, 7) is 2.21. The van der Waals surface area contributed by atoms with E-state index in [4.69, 9.17) is 0 Å². The van der Waals surface area contributed by atoms with Crippen LogP contribution in [0.1, 0.15) is 30.4 Å². The van der Waals surface area contributed by atoms with Crippen LogP contribution >= 0.6 is 63.7 Å². The summed E-state index contributed by atoms with van der Waals surface area (Å²) < 4.78 is 4.45. The zero-order valence-electron chi connectivity index (χ0n) is 10.3. The summed E-state index contributed by atoms with van der Waals surface area (Å²) in [7, 11) is 0. The minimum absolute atomic E-state index is 0.360. The topological polar surface area (TPSA) is 0 Å². The van der Waals surface area contributed by atoms with Crippen molar-refractivity contribution in [1.29, 1.82) is 0 Å². The van der Waals surface area contributed by atoms with E-state index in [9.17, 15) is 0 Å². The Kier molecular flexibility index (Phi) is 5.70. The molecule has 0 heterocycles. The lowest BCUT2D eigenvalue weighted by atomic mass is 9.89. The van der Waals surface area contributed by atoms with Gasteiger partial charge < -0.3 is 0 Å². The highest BCUT2D eigenvalue weighted by Crippen LogP contribution is 2.40. The molecule has 0 bridgehead atoms. The lowest BCUT2D eigenvalue weighted by Gasteiger charge is -2.20. The zero-order chi connectivity index (χ0) is 14.0. The standard InChI is InChI=1S/C15H12Br4/c1-2-9(10-5-3-7-12(16)14(10)18)11-6-4-8-13(17)15(11)19/h3-9H,2H2,1H3. The molecule has 0 aromatic heterocycles. The van der Waals surface area contributed by atoms with E-state index in [1.54, 1.807) is 0 Å². The number of rotatable bonds is 3. The molecule has 0 fully saturated rings. The van der Waals surface area contributed by atoms with Gasteiger partial charge in [-0.05, 0) is 93.4 Å². The van der Waals surface area contributed by atoms with E-state index in [1.807, 2.05) is 0 Å². The summed E-state index contributed by atoms with van der Waals surface area (Å²) >= 11 is 14.5. The van der Waals surface area contributed by atoms with Crippen molar-refractivity contribution in [3.8, 4) is 0 Å². The summed E-state index contributed by atoms with van der Waals surface area (Å²) in [5, 5.41) is 0. The molecule has 0 aliphatic heterocycles. The maximum atomic E-state index is 3.69. The molecule has 0 radical (unpaired) electrons. The highest BCUT2D eigenvalue weighted by atomic mass is 79.9. The van der Waals surface area contributed by atoms with Gasteiger partial charge in [0.25, 0.3) is 0 Å². The normalized spacial score (nSPS) is 11.1. The van der Waals surface area contributed by atoms with Crippen molar-refractivity contribution in [2.24, 2.45) is 0 Å². The van der Waals surface area contributed by atoms with Crippen LogP contribution in [0.15, 0.2) is 54.3 Å². The maximum absolute atomic E-state index is 3.69. The van der Waals surface area contributed by atoms with Gasteiger partial charge >= 0.3 is 0 Å². The van der Waals surface area contributed by atoms with Gasteiger partial charge in [0.15, 0.2) is 0 Å². The van der Waals surface area contributed by atoms with Crippen molar-refractivity contribution in [1.82, 2.24) is 0 Å². The molecule has 0 N–H and O–H groups in total. The monoisotopic (exact) mass is 508 g/mol. The summed E-state index contributed by atoms with van der Waals surface area (Å²) in [6, 6.07) is 12.6. The van der Waals surface area contributed by atoms with Crippen LogP contribution in [0.4, 0.5) is 0 Å². The van der Waals surface area contributed by atoms with Crippen LogP contribution in [0, 0.1) is 0 Å². The van der Waals surface area contributed by atoms with Gasteiger partial charge in [0.2, 0.25) is 0 Å². The van der Waals surface area contributed by atoms with E-state index in [0.717, 1.165) is 24.3 Å². The predicted octanol–water partition coefficient (Wildman–Crippen LogP) is 7.28. The first-order valence-electron chi connectivity index (χ1n) is 5.94. The lowest BCUT2D eigenvalue weighted by molar-refractivity contribution is 0.768. The molecule has 0 atom stereocenters. The molecule has 2 rings (SSSR count). The first-order chi connectivity index (χ1) is 9.06. The predicted molar refractivity (Wildman–Crippen MR) is 95.8 cm³/mol. The molecular formula is C15H12Br4. The third kappa shape index (κ3) is 3.34.